The Labute approximate surface area is 120 Å². The zero-order valence-electron chi connectivity index (χ0n) is 12.3. The van der Waals surface area contributed by atoms with Crippen LogP contribution in [0.2, 0.25) is 0 Å². The van der Waals surface area contributed by atoms with Crippen LogP contribution in [-0.4, -0.2) is 58.2 Å². The van der Waals surface area contributed by atoms with Crippen molar-refractivity contribution in [2.75, 3.05) is 26.2 Å². The van der Waals surface area contributed by atoms with Crippen LogP contribution in [0.15, 0.2) is 10.6 Å². The smallest absolute Gasteiger partial charge is 0.208 e. The number of rotatable bonds is 5. The van der Waals surface area contributed by atoms with Crippen LogP contribution in [-0.2, 0) is 6.54 Å². The van der Waals surface area contributed by atoms with Crippen LogP contribution in [0.1, 0.15) is 37.3 Å². The topological polar surface area (TPSA) is 52.7 Å². The predicted octanol–water partition coefficient (Wildman–Crippen LogP) is 1.40. The molecule has 0 bridgehead atoms. The number of oxazole rings is 1. The molecule has 1 aromatic heterocycles. The minimum absolute atomic E-state index is 0.297. The van der Waals surface area contributed by atoms with Gasteiger partial charge in [0.15, 0.2) is 0 Å². The normalized spacial score (nSPS) is 28.5. The van der Waals surface area contributed by atoms with Crippen molar-refractivity contribution in [1.82, 2.24) is 14.8 Å². The Balaban J connectivity index is 1.58. The Morgan fingerprint density at radius 2 is 2.00 bits per heavy atom. The van der Waals surface area contributed by atoms with Crippen molar-refractivity contribution in [3.05, 3.63) is 17.8 Å². The summed E-state index contributed by atoms with van der Waals surface area (Å²) in [6, 6.07) is 0.954. The van der Waals surface area contributed by atoms with Gasteiger partial charge in [-0.2, -0.15) is 0 Å². The Kier molecular flexibility index (Phi) is 4.38. The molecule has 0 radical (unpaired) electrons. The Hall–Kier alpha value is -0.910. The van der Waals surface area contributed by atoms with Crippen molar-refractivity contribution in [3.63, 3.8) is 0 Å². The van der Waals surface area contributed by atoms with E-state index in [0.717, 1.165) is 44.3 Å². The molecule has 0 aromatic carbocycles. The summed E-state index contributed by atoms with van der Waals surface area (Å²) >= 11 is 0. The molecule has 0 aliphatic carbocycles. The van der Waals surface area contributed by atoms with Gasteiger partial charge in [-0.15, -0.1) is 0 Å². The highest BCUT2D eigenvalue weighted by Gasteiger charge is 2.31. The molecule has 2 fully saturated rings. The number of hydrogen-bond donors (Lipinski definition) is 1. The van der Waals surface area contributed by atoms with E-state index in [4.69, 9.17) is 4.42 Å². The summed E-state index contributed by atoms with van der Waals surface area (Å²) in [4.78, 5) is 9.26. The number of aliphatic hydroxyl groups excluding tert-OH is 1. The monoisotopic (exact) mass is 279 g/mol. The lowest BCUT2D eigenvalue weighted by Crippen LogP contribution is -2.43. The zero-order valence-corrected chi connectivity index (χ0v) is 12.3. The van der Waals surface area contributed by atoms with E-state index < -0.39 is 0 Å². The Morgan fingerprint density at radius 3 is 2.70 bits per heavy atom. The van der Waals surface area contributed by atoms with Crippen molar-refractivity contribution < 1.29 is 9.52 Å². The van der Waals surface area contributed by atoms with Gasteiger partial charge in [-0.1, -0.05) is 0 Å². The molecule has 0 spiro atoms. The Bertz CT molecular complexity index is 435. The molecular formula is C15H25N3O2. The number of nitrogens with zero attached hydrogens (tertiary/aromatic N) is 3. The van der Waals surface area contributed by atoms with Gasteiger partial charge in [-0.25, -0.2) is 4.98 Å². The number of aliphatic hydroxyl groups is 1. The first-order chi connectivity index (χ1) is 9.76. The van der Waals surface area contributed by atoms with Crippen molar-refractivity contribution in [1.29, 1.82) is 0 Å². The van der Waals surface area contributed by atoms with Gasteiger partial charge in [0.25, 0.3) is 0 Å². The lowest BCUT2D eigenvalue weighted by Gasteiger charge is -2.30. The second kappa shape index (κ2) is 6.24. The van der Waals surface area contributed by atoms with Crippen LogP contribution in [0.25, 0.3) is 0 Å². The molecule has 0 saturated carbocycles. The minimum atomic E-state index is 0.297. The molecule has 2 atom stereocenters. The van der Waals surface area contributed by atoms with E-state index in [-0.39, 0.29) is 0 Å². The molecule has 1 N–H and O–H groups in total. The largest absolute Gasteiger partial charge is 0.445 e. The zero-order chi connectivity index (χ0) is 13.9. The first-order valence-corrected chi connectivity index (χ1v) is 7.76. The van der Waals surface area contributed by atoms with E-state index in [1.165, 1.54) is 19.3 Å². The number of hydrogen-bond acceptors (Lipinski definition) is 5. The highest BCUT2D eigenvalue weighted by atomic mass is 16.4. The van der Waals surface area contributed by atoms with Crippen LogP contribution in [0.4, 0.5) is 0 Å². The van der Waals surface area contributed by atoms with Crippen molar-refractivity contribution >= 4 is 0 Å². The number of likely N-dealkylation sites (tertiary alicyclic amines) is 2. The summed E-state index contributed by atoms with van der Waals surface area (Å²) in [5.74, 6) is 1.71. The van der Waals surface area contributed by atoms with Gasteiger partial charge < -0.3 is 9.52 Å². The van der Waals surface area contributed by atoms with E-state index in [0.29, 0.717) is 18.7 Å². The molecule has 0 unspecified atom stereocenters. The van der Waals surface area contributed by atoms with Crippen molar-refractivity contribution in [2.24, 2.45) is 0 Å². The molecule has 2 aliphatic rings. The SMILES string of the molecule is Cc1cnc(CN2CCC[C@@H]2CN2CCC[C@H]2CO)o1. The second-order valence-corrected chi connectivity index (χ2v) is 6.10. The van der Waals surface area contributed by atoms with Crippen LogP contribution in [0.3, 0.4) is 0 Å². The maximum atomic E-state index is 9.43. The third-order valence-corrected chi connectivity index (χ3v) is 4.66. The van der Waals surface area contributed by atoms with Crippen LogP contribution < -0.4 is 0 Å². The highest BCUT2D eigenvalue weighted by Crippen LogP contribution is 2.24. The lowest BCUT2D eigenvalue weighted by atomic mass is 10.2. The molecule has 2 aliphatic heterocycles. The van der Waals surface area contributed by atoms with E-state index in [2.05, 4.69) is 14.8 Å². The maximum Gasteiger partial charge on any atom is 0.208 e. The third kappa shape index (κ3) is 3.05. The number of aromatic nitrogens is 1. The molecule has 1 aromatic rings. The van der Waals surface area contributed by atoms with E-state index in [1.807, 2.05) is 6.92 Å². The van der Waals surface area contributed by atoms with Gasteiger partial charge in [0.05, 0.1) is 19.3 Å². The van der Waals surface area contributed by atoms with Gasteiger partial charge in [-0.05, 0) is 45.7 Å². The average Bonchev–Trinajstić information content (AvgIpc) is 3.14. The van der Waals surface area contributed by atoms with E-state index in [1.54, 1.807) is 6.20 Å². The molecule has 20 heavy (non-hydrogen) atoms. The standard InChI is InChI=1S/C15H25N3O2/c1-12-8-16-15(20-12)10-18-7-2-4-13(18)9-17-6-3-5-14(17)11-19/h8,13-14,19H,2-7,9-11H2,1H3/t13-,14+/m1/s1. The van der Waals surface area contributed by atoms with Crippen molar-refractivity contribution in [3.8, 4) is 0 Å². The summed E-state index contributed by atoms with van der Waals surface area (Å²) < 4.78 is 5.60. The minimum Gasteiger partial charge on any atom is -0.445 e. The number of aryl methyl sites for hydroxylation is 1. The third-order valence-electron chi connectivity index (χ3n) is 4.66. The van der Waals surface area contributed by atoms with E-state index in [9.17, 15) is 5.11 Å². The second-order valence-electron chi connectivity index (χ2n) is 6.10. The highest BCUT2D eigenvalue weighted by molar-refractivity contribution is 4.93. The van der Waals surface area contributed by atoms with Crippen LogP contribution >= 0.6 is 0 Å². The fraction of sp³-hybridized carbons (Fsp3) is 0.800. The first kappa shape index (κ1) is 14.0. The van der Waals surface area contributed by atoms with Gasteiger partial charge in [-0.3, -0.25) is 9.80 Å². The molecule has 5 heteroatoms. The van der Waals surface area contributed by atoms with Crippen molar-refractivity contribution in [2.45, 2.75) is 51.2 Å². The Morgan fingerprint density at radius 1 is 1.25 bits per heavy atom. The van der Waals surface area contributed by atoms with Gasteiger partial charge in [0, 0.05) is 18.6 Å². The molecule has 0 amide bonds. The molecule has 3 rings (SSSR count). The van der Waals surface area contributed by atoms with Gasteiger partial charge in [0.1, 0.15) is 5.76 Å². The summed E-state index contributed by atoms with van der Waals surface area (Å²) in [5, 5.41) is 9.43. The maximum absolute atomic E-state index is 9.43. The van der Waals surface area contributed by atoms with E-state index >= 15 is 0 Å². The fourth-order valence-electron chi connectivity index (χ4n) is 3.57. The first-order valence-electron chi connectivity index (χ1n) is 7.76. The molecule has 112 valence electrons. The summed E-state index contributed by atoms with van der Waals surface area (Å²) in [6.07, 6.45) is 6.65. The predicted molar refractivity (Wildman–Crippen MR) is 76.4 cm³/mol. The molecule has 3 heterocycles. The van der Waals surface area contributed by atoms with Gasteiger partial charge in [0.2, 0.25) is 5.89 Å². The quantitative estimate of drug-likeness (QED) is 0.883. The molecule has 5 nitrogen and oxygen atoms in total. The van der Waals surface area contributed by atoms with Gasteiger partial charge >= 0.3 is 0 Å². The molecule has 2 saturated heterocycles. The lowest BCUT2D eigenvalue weighted by molar-refractivity contribution is 0.116. The summed E-state index contributed by atoms with van der Waals surface area (Å²) in [7, 11) is 0. The molecular weight excluding hydrogens is 254 g/mol. The fourth-order valence-corrected chi connectivity index (χ4v) is 3.57. The van der Waals surface area contributed by atoms with Crippen LogP contribution in [0.5, 0.6) is 0 Å². The summed E-state index contributed by atoms with van der Waals surface area (Å²) in [5.41, 5.74) is 0. The van der Waals surface area contributed by atoms with Crippen LogP contribution in [0, 0.1) is 6.92 Å². The summed E-state index contributed by atoms with van der Waals surface area (Å²) in [6.45, 7) is 6.39. The average molecular weight is 279 g/mol.